The Morgan fingerprint density at radius 3 is 2.04 bits per heavy atom. The van der Waals surface area contributed by atoms with Gasteiger partial charge in [-0.15, -0.1) is 24.0 Å². The zero-order chi connectivity index (χ0) is 34.4. The van der Waals surface area contributed by atoms with Gasteiger partial charge in [-0.2, -0.15) is 0 Å². The molecule has 2 aromatic carbocycles. The van der Waals surface area contributed by atoms with Crippen molar-refractivity contribution in [2.24, 2.45) is 5.73 Å². The highest BCUT2D eigenvalue weighted by Crippen LogP contribution is 2.20. The fourth-order valence-corrected chi connectivity index (χ4v) is 5.70. The van der Waals surface area contributed by atoms with Crippen LogP contribution in [0.15, 0.2) is 77.1 Å². The number of nitrogens with two attached hydrogens (primary N) is 1. The molecular weight excluding hydrogens is 633 g/mol. The first-order valence-corrected chi connectivity index (χ1v) is 17.1. The molecule has 3 aromatic rings. The lowest BCUT2D eigenvalue weighted by molar-refractivity contribution is -0.126. The highest BCUT2D eigenvalue weighted by atomic mass is 32.1. The Bertz CT molecular complexity index is 1460. The zero-order valence-electron chi connectivity index (χ0n) is 27.9. The number of benzene rings is 2. The number of ether oxygens (including phenoxy) is 1. The van der Waals surface area contributed by atoms with Crippen molar-refractivity contribution in [2.75, 3.05) is 13.7 Å². The fourth-order valence-electron chi connectivity index (χ4n) is 4.81. The summed E-state index contributed by atoms with van der Waals surface area (Å²) in [5.74, 6) is 0.00962. The Balaban J connectivity index is 1.69. The van der Waals surface area contributed by atoms with Crippen LogP contribution in [0.1, 0.15) is 68.3 Å². The predicted molar refractivity (Wildman–Crippen MR) is 191 cm³/mol. The molecule has 0 saturated carbocycles. The van der Waals surface area contributed by atoms with E-state index in [-0.39, 0.29) is 30.6 Å². The van der Waals surface area contributed by atoms with Crippen LogP contribution in [-0.4, -0.2) is 59.2 Å². The highest BCUT2D eigenvalue weighted by molar-refractivity contribution is 7.84. The Morgan fingerprint density at radius 1 is 0.979 bits per heavy atom. The van der Waals surface area contributed by atoms with Gasteiger partial charge in [0.15, 0.2) is 0 Å². The number of carbonyl (C=O) groups is 3. The first-order valence-electron chi connectivity index (χ1n) is 15.8. The van der Waals surface area contributed by atoms with Gasteiger partial charge in [-0.3, -0.25) is 4.79 Å². The third kappa shape index (κ3) is 12.9. The minimum Gasteiger partial charge on any atom is -0.444 e. The van der Waals surface area contributed by atoms with E-state index >= 15 is 0 Å². The number of urea groups is 1. The number of thiol groups is 1. The van der Waals surface area contributed by atoms with Crippen LogP contribution < -0.4 is 21.7 Å². The number of nitrogens with zero attached hydrogens (tertiary/aromatic N) is 2. The van der Waals surface area contributed by atoms with E-state index in [9.17, 15) is 14.4 Å². The van der Waals surface area contributed by atoms with Crippen LogP contribution in [0.3, 0.4) is 0 Å². The average Bonchev–Trinajstić information content (AvgIpc) is 3.52. The maximum Gasteiger partial charge on any atom is 0.407 e. The lowest BCUT2D eigenvalue weighted by Gasteiger charge is -2.31. The van der Waals surface area contributed by atoms with Crippen LogP contribution in [0.5, 0.6) is 0 Å². The van der Waals surface area contributed by atoms with Crippen molar-refractivity contribution in [1.82, 2.24) is 25.8 Å². The van der Waals surface area contributed by atoms with Crippen molar-refractivity contribution in [3.63, 3.8) is 0 Å². The van der Waals surface area contributed by atoms with Gasteiger partial charge >= 0.3 is 12.1 Å². The van der Waals surface area contributed by atoms with Gasteiger partial charge in [0.25, 0.3) is 0 Å². The molecule has 0 aliphatic heterocycles. The first kappa shape index (κ1) is 37.4. The van der Waals surface area contributed by atoms with Gasteiger partial charge < -0.3 is 31.3 Å². The standard InChI is InChI=1S/C35H48N6O4S2/c1-24(2)31-37-29(23-47-31)21-41(5)33(43)40-35(3,4)32(42)38-27(18-25-12-8-6-9-13-25)16-17-28(19-26-14-10-7-11-15-26)39-34(44)45-22-30(46)20-36/h6-15,20,23-24,27-28,46H,16-19,21-22,36H2,1-5H3,(H,38,42)(H,39,44)(H,40,43)/b30-20-/t27-,28-/m1/s1. The molecule has 1 heterocycles. The molecule has 0 aliphatic rings. The number of hydrogen-bond acceptors (Lipinski definition) is 8. The molecule has 254 valence electrons. The summed E-state index contributed by atoms with van der Waals surface area (Å²) in [6, 6.07) is 18.8. The molecule has 47 heavy (non-hydrogen) atoms. The van der Waals surface area contributed by atoms with Gasteiger partial charge in [0.05, 0.1) is 17.2 Å². The number of alkyl carbamates (subject to hydrolysis) is 1. The number of carbonyl (C=O) groups excluding carboxylic acids is 3. The molecule has 4 amide bonds. The number of nitrogens with one attached hydrogen (secondary N) is 3. The second-order valence-electron chi connectivity index (χ2n) is 12.4. The van der Waals surface area contributed by atoms with E-state index in [1.165, 1.54) is 11.1 Å². The van der Waals surface area contributed by atoms with Gasteiger partial charge in [-0.05, 0) is 50.7 Å². The second-order valence-corrected chi connectivity index (χ2v) is 13.9. The Kier molecular flexibility index (Phi) is 14.6. The molecule has 2 atom stereocenters. The molecule has 0 bridgehead atoms. The van der Waals surface area contributed by atoms with Crippen LogP contribution in [0.2, 0.25) is 0 Å². The summed E-state index contributed by atoms with van der Waals surface area (Å²) in [5, 5.41) is 12.0. The lowest BCUT2D eigenvalue weighted by Crippen LogP contribution is -2.59. The summed E-state index contributed by atoms with van der Waals surface area (Å²) in [6.45, 7) is 7.84. The van der Waals surface area contributed by atoms with Crippen molar-refractivity contribution in [3.05, 3.63) is 99.0 Å². The minimum absolute atomic E-state index is 0.0328. The summed E-state index contributed by atoms with van der Waals surface area (Å²) in [6.07, 6.45) is 2.97. The fraction of sp³-hybridized carbons (Fsp3) is 0.429. The van der Waals surface area contributed by atoms with E-state index in [0.29, 0.717) is 43.1 Å². The topological polar surface area (TPSA) is 139 Å². The predicted octanol–water partition coefficient (Wildman–Crippen LogP) is 5.76. The molecule has 0 saturated heterocycles. The van der Waals surface area contributed by atoms with Crippen LogP contribution in [0.4, 0.5) is 9.59 Å². The molecule has 0 radical (unpaired) electrons. The summed E-state index contributed by atoms with van der Waals surface area (Å²) in [7, 11) is 1.68. The number of rotatable bonds is 16. The first-order chi connectivity index (χ1) is 22.4. The van der Waals surface area contributed by atoms with Gasteiger partial charge in [0.2, 0.25) is 5.91 Å². The van der Waals surface area contributed by atoms with Gasteiger partial charge in [0.1, 0.15) is 12.1 Å². The zero-order valence-corrected chi connectivity index (χ0v) is 29.6. The molecule has 1 aromatic heterocycles. The third-order valence-electron chi connectivity index (χ3n) is 7.51. The summed E-state index contributed by atoms with van der Waals surface area (Å²) in [4.78, 5) is 46.1. The summed E-state index contributed by atoms with van der Waals surface area (Å²) in [5.41, 5.74) is 7.18. The molecule has 12 heteroatoms. The van der Waals surface area contributed by atoms with Crippen LogP contribution in [0.25, 0.3) is 0 Å². The number of amides is 4. The highest BCUT2D eigenvalue weighted by Gasteiger charge is 2.32. The average molecular weight is 681 g/mol. The van der Waals surface area contributed by atoms with Crippen molar-refractivity contribution in [2.45, 2.75) is 83.5 Å². The molecule has 5 N–H and O–H groups in total. The molecule has 0 unspecified atom stereocenters. The van der Waals surface area contributed by atoms with E-state index in [1.807, 2.05) is 66.0 Å². The summed E-state index contributed by atoms with van der Waals surface area (Å²) < 4.78 is 5.29. The quantitative estimate of drug-likeness (QED) is 0.122. The van der Waals surface area contributed by atoms with E-state index in [2.05, 4.69) is 47.4 Å². The lowest BCUT2D eigenvalue weighted by atomic mass is 9.95. The smallest absolute Gasteiger partial charge is 0.407 e. The monoisotopic (exact) mass is 680 g/mol. The van der Waals surface area contributed by atoms with E-state index in [4.69, 9.17) is 10.5 Å². The molecular formula is C35H48N6O4S2. The van der Waals surface area contributed by atoms with E-state index in [0.717, 1.165) is 21.8 Å². The van der Waals surface area contributed by atoms with Crippen molar-refractivity contribution >= 4 is 42.0 Å². The van der Waals surface area contributed by atoms with E-state index < -0.39 is 11.6 Å². The van der Waals surface area contributed by atoms with Crippen molar-refractivity contribution in [1.29, 1.82) is 0 Å². The van der Waals surface area contributed by atoms with Gasteiger partial charge in [-0.25, -0.2) is 14.6 Å². The minimum atomic E-state index is -1.20. The molecule has 3 rings (SSSR count). The Labute approximate surface area is 288 Å². The number of aromatic nitrogens is 1. The van der Waals surface area contributed by atoms with Crippen LogP contribution in [-0.2, 0) is 28.9 Å². The maximum absolute atomic E-state index is 13.7. The largest absolute Gasteiger partial charge is 0.444 e. The molecule has 0 fully saturated rings. The van der Waals surface area contributed by atoms with Gasteiger partial charge in [0, 0.05) is 41.5 Å². The maximum atomic E-state index is 13.7. The van der Waals surface area contributed by atoms with Gasteiger partial charge in [-0.1, -0.05) is 74.5 Å². The number of thiazole rings is 1. The Hall–Kier alpha value is -4.03. The summed E-state index contributed by atoms with van der Waals surface area (Å²) >= 11 is 5.74. The third-order valence-corrected chi connectivity index (χ3v) is 8.98. The Morgan fingerprint density at radius 2 is 1.53 bits per heavy atom. The molecule has 0 aliphatic carbocycles. The van der Waals surface area contributed by atoms with Crippen molar-refractivity contribution in [3.8, 4) is 0 Å². The normalized spacial score (nSPS) is 13.0. The van der Waals surface area contributed by atoms with Crippen LogP contribution in [0, 0.1) is 0 Å². The number of hydrogen-bond donors (Lipinski definition) is 5. The second kappa shape index (κ2) is 18.3. The SMILES string of the molecule is CC(C)c1nc(CN(C)C(=O)NC(C)(C)C(=O)N[C@H](CC[C@H](Cc2ccccc2)NC(=O)OC/C(S)=C/N)Cc2ccccc2)cs1. The molecule has 10 nitrogen and oxygen atoms in total. The van der Waals surface area contributed by atoms with E-state index in [1.54, 1.807) is 32.2 Å². The molecule has 0 spiro atoms. The van der Waals surface area contributed by atoms with Crippen LogP contribution >= 0.6 is 24.0 Å². The van der Waals surface area contributed by atoms with Crippen molar-refractivity contribution < 1.29 is 19.1 Å².